The number of carbonyl (C=O) groups is 2. The molecule has 7 rings (SSSR count). The molecule has 5 aromatic rings. The van der Waals surface area contributed by atoms with E-state index in [1.54, 1.807) is 47.4 Å². The number of benzene rings is 4. The number of carboxylic acid groups (broad SMARTS) is 1. The Morgan fingerprint density at radius 3 is 2.40 bits per heavy atom. The van der Waals surface area contributed by atoms with Gasteiger partial charge in [-0.05, 0) is 90.6 Å². The second-order valence-electron chi connectivity index (χ2n) is 12.2. The molecule has 0 unspecified atom stereocenters. The van der Waals surface area contributed by atoms with Crippen LogP contribution in [-0.2, 0) is 11.4 Å². The number of imidazole rings is 1. The van der Waals surface area contributed by atoms with Gasteiger partial charge in [0, 0.05) is 30.1 Å². The number of hydrogen-bond donors (Lipinski definition) is 1. The standard InChI is InChI=1S/C37H32Cl2FN3O4.ClH/c38-25-11-8-22(9-12-25)29-20-30(39)34(42-16-4-7-35(42)44)18-24(29)21-47-27-13-14-28(31(40)19-27)36-41-32-17-23(37(45)46)10-15-33(32)43(36)26-5-2-1-3-6-26;/h8-15,17-20,26H,1-7,16,21H2,(H,45,46);1H. The van der Waals surface area contributed by atoms with E-state index in [0.717, 1.165) is 60.7 Å². The molecular weight excluding hydrogens is 676 g/mol. The highest BCUT2D eigenvalue weighted by molar-refractivity contribution is 6.34. The first kappa shape index (κ1) is 33.8. The van der Waals surface area contributed by atoms with Crippen molar-refractivity contribution in [2.75, 3.05) is 11.4 Å². The third kappa shape index (κ3) is 6.62. The van der Waals surface area contributed by atoms with E-state index in [4.69, 9.17) is 32.9 Å². The van der Waals surface area contributed by atoms with Crippen molar-refractivity contribution in [1.82, 2.24) is 9.55 Å². The number of ether oxygens (including phenoxy) is 1. The molecule has 2 fully saturated rings. The maximum atomic E-state index is 16.0. The average Bonchev–Trinajstić information content (AvgIpc) is 3.67. The number of hydrogen-bond acceptors (Lipinski definition) is 4. The van der Waals surface area contributed by atoms with Crippen molar-refractivity contribution in [3.63, 3.8) is 0 Å². The van der Waals surface area contributed by atoms with Gasteiger partial charge in [-0.1, -0.05) is 54.6 Å². The van der Waals surface area contributed by atoms with Gasteiger partial charge in [0.25, 0.3) is 0 Å². The summed E-state index contributed by atoms with van der Waals surface area (Å²) >= 11 is 12.9. The minimum absolute atomic E-state index is 0. The molecule has 1 saturated carbocycles. The Morgan fingerprint density at radius 2 is 1.71 bits per heavy atom. The van der Waals surface area contributed by atoms with Crippen LogP contribution < -0.4 is 9.64 Å². The molecule has 248 valence electrons. The molecule has 7 nitrogen and oxygen atoms in total. The largest absolute Gasteiger partial charge is 0.489 e. The van der Waals surface area contributed by atoms with E-state index in [9.17, 15) is 14.7 Å². The fraction of sp³-hybridized carbons (Fsp3) is 0.270. The Morgan fingerprint density at radius 1 is 0.938 bits per heavy atom. The summed E-state index contributed by atoms with van der Waals surface area (Å²) in [5.41, 5.74) is 4.88. The highest BCUT2D eigenvalue weighted by atomic mass is 35.5. The van der Waals surface area contributed by atoms with E-state index >= 15 is 4.39 Å². The number of aromatic carboxylic acids is 1. The predicted octanol–water partition coefficient (Wildman–Crippen LogP) is 10.1. The van der Waals surface area contributed by atoms with Crippen LogP contribution in [0.5, 0.6) is 5.75 Å². The lowest BCUT2D eigenvalue weighted by molar-refractivity contribution is -0.117. The Kier molecular flexibility index (Phi) is 9.97. The van der Waals surface area contributed by atoms with Crippen LogP contribution in [0.3, 0.4) is 0 Å². The van der Waals surface area contributed by atoms with E-state index < -0.39 is 11.8 Å². The van der Waals surface area contributed by atoms with Gasteiger partial charge in [-0.25, -0.2) is 14.2 Å². The van der Waals surface area contributed by atoms with Crippen molar-refractivity contribution in [2.45, 2.75) is 57.6 Å². The third-order valence-electron chi connectivity index (χ3n) is 9.14. The second-order valence-corrected chi connectivity index (χ2v) is 13.0. The summed E-state index contributed by atoms with van der Waals surface area (Å²) in [6.45, 7) is 0.691. The number of amides is 1. The lowest BCUT2D eigenvalue weighted by Gasteiger charge is -2.26. The van der Waals surface area contributed by atoms with Crippen molar-refractivity contribution >= 4 is 64.2 Å². The van der Waals surface area contributed by atoms with Crippen LogP contribution in [0.2, 0.25) is 10.0 Å². The minimum Gasteiger partial charge on any atom is -0.489 e. The van der Waals surface area contributed by atoms with Crippen LogP contribution in [0, 0.1) is 5.82 Å². The fourth-order valence-electron chi connectivity index (χ4n) is 6.79. The summed E-state index contributed by atoms with van der Waals surface area (Å²) in [4.78, 5) is 30.7. The summed E-state index contributed by atoms with van der Waals surface area (Å²) in [6.07, 6.45) is 6.44. The lowest BCUT2D eigenvalue weighted by atomic mass is 9.94. The fourth-order valence-corrected chi connectivity index (χ4v) is 7.18. The van der Waals surface area contributed by atoms with Crippen LogP contribution in [-0.4, -0.2) is 33.1 Å². The van der Waals surface area contributed by atoms with E-state index in [2.05, 4.69) is 4.57 Å². The zero-order valence-corrected chi connectivity index (χ0v) is 28.3. The van der Waals surface area contributed by atoms with Crippen molar-refractivity contribution in [2.24, 2.45) is 0 Å². The molecule has 2 heterocycles. The van der Waals surface area contributed by atoms with Gasteiger partial charge in [-0.2, -0.15) is 0 Å². The van der Waals surface area contributed by atoms with Crippen LogP contribution in [0.25, 0.3) is 33.5 Å². The summed E-state index contributed by atoms with van der Waals surface area (Å²) < 4.78 is 24.2. The zero-order chi connectivity index (χ0) is 32.7. The molecule has 2 aliphatic rings. The maximum absolute atomic E-state index is 16.0. The smallest absolute Gasteiger partial charge is 0.335 e. The molecule has 11 heteroatoms. The Balaban J connectivity index is 0.00000401. The first-order valence-electron chi connectivity index (χ1n) is 15.8. The minimum atomic E-state index is -1.03. The highest BCUT2D eigenvalue weighted by Gasteiger charge is 2.27. The van der Waals surface area contributed by atoms with Crippen LogP contribution in [0.15, 0.2) is 72.8 Å². The van der Waals surface area contributed by atoms with E-state index in [-0.39, 0.29) is 36.5 Å². The summed E-state index contributed by atoms with van der Waals surface area (Å²) in [5.74, 6) is -0.705. The monoisotopic (exact) mass is 707 g/mol. The Hall–Kier alpha value is -4.11. The number of fused-ring (bicyclic) bond motifs is 1. The number of halogens is 4. The van der Waals surface area contributed by atoms with Gasteiger partial charge in [0.05, 0.1) is 32.9 Å². The van der Waals surface area contributed by atoms with Gasteiger partial charge in [0.1, 0.15) is 24.0 Å². The molecule has 1 amide bonds. The van der Waals surface area contributed by atoms with Gasteiger partial charge in [0.15, 0.2) is 0 Å². The van der Waals surface area contributed by atoms with Crippen molar-refractivity contribution in [3.05, 3.63) is 99.8 Å². The summed E-state index contributed by atoms with van der Waals surface area (Å²) in [5, 5.41) is 10.6. The van der Waals surface area contributed by atoms with Gasteiger partial charge < -0.3 is 19.3 Å². The van der Waals surface area contributed by atoms with E-state index in [1.165, 1.54) is 6.07 Å². The Labute approximate surface area is 293 Å². The number of nitrogens with zero attached hydrogens (tertiary/aromatic N) is 3. The summed E-state index contributed by atoms with van der Waals surface area (Å²) in [7, 11) is 0. The average molecular weight is 709 g/mol. The lowest BCUT2D eigenvalue weighted by Crippen LogP contribution is -2.24. The quantitative estimate of drug-likeness (QED) is 0.173. The molecule has 4 aromatic carbocycles. The topological polar surface area (TPSA) is 84.7 Å². The predicted molar refractivity (Wildman–Crippen MR) is 189 cm³/mol. The molecular formula is C37H33Cl3FN3O4. The maximum Gasteiger partial charge on any atom is 0.335 e. The van der Waals surface area contributed by atoms with Gasteiger partial charge in [-0.15, -0.1) is 12.4 Å². The number of anilines is 1. The molecule has 1 aromatic heterocycles. The van der Waals surface area contributed by atoms with Crippen molar-refractivity contribution < 1.29 is 23.8 Å². The SMILES string of the molecule is Cl.O=C(O)c1ccc2c(c1)nc(-c1ccc(OCc3cc(N4CCCC4=O)c(Cl)cc3-c3ccc(Cl)cc3)cc1F)n2C1CCCCC1. The van der Waals surface area contributed by atoms with Crippen molar-refractivity contribution in [1.29, 1.82) is 0 Å². The van der Waals surface area contributed by atoms with Crippen molar-refractivity contribution in [3.8, 4) is 28.3 Å². The zero-order valence-electron chi connectivity index (χ0n) is 25.9. The molecule has 1 saturated heterocycles. The number of rotatable bonds is 8. The van der Waals surface area contributed by atoms with E-state index in [0.29, 0.717) is 51.4 Å². The molecule has 0 bridgehead atoms. The van der Waals surface area contributed by atoms with E-state index in [1.807, 2.05) is 24.3 Å². The number of carbonyl (C=O) groups excluding carboxylic acids is 1. The molecule has 0 radical (unpaired) electrons. The first-order valence-corrected chi connectivity index (χ1v) is 16.6. The first-order chi connectivity index (χ1) is 22.8. The molecule has 0 atom stereocenters. The van der Waals surface area contributed by atoms with Crippen LogP contribution in [0.4, 0.5) is 10.1 Å². The number of aromatic nitrogens is 2. The normalized spacial score (nSPS) is 15.1. The number of carboxylic acids is 1. The molecule has 1 aliphatic heterocycles. The molecule has 1 N–H and O–H groups in total. The molecule has 1 aliphatic carbocycles. The second kappa shape index (κ2) is 14.2. The van der Waals surface area contributed by atoms with Crippen LogP contribution in [0.1, 0.15) is 66.9 Å². The summed E-state index contributed by atoms with van der Waals surface area (Å²) in [6, 6.07) is 20.9. The highest BCUT2D eigenvalue weighted by Crippen LogP contribution is 2.39. The third-order valence-corrected chi connectivity index (χ3v) is 9.70. The van der Waals surface area contributed by atoms with Gasteiger partial charge in [0.2, 0.25) is 5.91 Å². The van der Waals surface area contributed by atoms with Crippen LogP contribution >= 0.6 is 35.6 Å². The molecule has 0 spiro atoms. The Bertz CT molecular complexity index is 2010. The van der Waals surface area contributed by atoms with Gasteiger partial charge >= 0.3 is 5.97 Å². The van der Waals surface area contributed by atoms with Gasteiger partial charge in [-0.3, -0.25) is 4.79 Å². The molecule has 48 heavy (non-hydrogen) atoms.